The van der Waals surface area contributed by atoms with E-state index in [1.54, 1.807) is 25.1 Å². The van der Waals surface area contributed by atoms with Gasteiger partial charge >= 0.3 is 0 Å². The summed E-state index contributed by atoms with van der Waals surface area (Å²) in [5.74, 6) is 0.628. The first-order valence-corrected chi connectivity index (χ1v) is 6.47. The number of pyridine rings is 1. The maximum absolute atomic E-state index is 9.72. The van der Waals surface area contributed by atoms with Gasteiger partial charge in [-0.1, -0.05) is 17.7 Å². The predicted octanol–water partition coefficient (Wildman–Crippen LogP) is 3.68. The van der Waals surface area contributed by atoms with Gasteiger partial charge in [-0.2, -0.15) is 0 Å². The van der Waals surface area contributed by atoms with Gasteiger partial charge in [0.25, 0.3) is 0 Å². The van der Waals surface area contributed by atoms with E-state index in [1.807, 2.05) is 25.1 Å². The Balaban J connectivity index is 2.15. The minimum atomic E-state index is -0.626. The summed E-state index contributed by atoms with van der Waals surface area (Å²) in [6.07, 6.45) is -0.626. The molecule has 0 bridgehead atoms. The molecule has 0 saturated heterocycles. The number of aliphatic hydroxyl groups is 1. The van der Waals surface area contributed by atoms with Gasteiger partial charge < -0.3 is 9.84 Å². The third-order valence-corrected chi connectivity index (χ3v) is 2.98. The van der Waals surface area contributed by atoms with Crippen molar-refractivity contribution in [3.63, 3.8) is 0 Å². The predicted molar refractivity (Wildman–Crippen MR) is 75.4 cm³/mol. The average Bonchev–Trinajstić information content (AvgIpc) is 2.37. The van der Waals surface area contributed by atoms with Crippen molar-refractivity contribution in [2.45, 2.75) is 26.6 Å². The number of aliphatic hydroxyl groups excluding tert-OH is 1. The van der Waals surface area contributed by atoms with E-state index in [0.29, 0.717) is 22.9 Å². The molecule has 0 unspecified atom stereocenters. The first kappa shape index (κ1) is 13.8. The number of benzene rings is 1. The fourth-order valence-corrected chi connectivity index (χ4v) is 1.99. The molecule has 1 heterocycles. The molecule has 1 atom stereocenters. The Labute approximate surface area is 117 Å². The van der Waals surface area contributed by atoms with Crippen molar-refractivity contribution >= 4 is 11.6 Å². The lowest BCUT2D eigenvalue weighted by Crippen LogP contribution is -2.02. The van der Waals surface area contributed by atoms with Gasteiger partial charge in [-0.25, -0.2) is 0 Å². The molecule has 100 valence electrons. The molecule has 0 aliphatic carbocycles. The standard InChI is InChI=1S/C15H16ClNO2/c1-10-4-3-5-13(17-10)9-19-15-7-6-12(16)8-14(15)11(2)18/h3-8,11,18H,9H2,1-2H3/t11-/m0/s1. The Morgan fingerprint density at radius 1 is 1.32 bits per heavy atom. The van der Waals surface area contributed by atoms with Crippen LogP contribution in [-0.2, 0) is 6.61 Å². The average molecular weight is 278 g/mol. The van der Waals surface area contributed by atoms with Crippen LogP contribution in [0.1, 0.15) is 30.0 Å². The van der Waals surface area contributed by atoms with Crippen LogP contribution < -0.4 is 4.74 Å². The van der Waals surface area contributed by atoms with Gasteiger partial charge in [-0.15, -0.1) is 0 Å². The van der Waals surface area contributed by atoms with Gasteiger partial charge in [0.1, 0.15) is 12.4 Å². The Hall–Kier alpha value is -1.58. The molecule has 4 heteroatoms. The molecule has 2 rings (SSSR count). The van der Waals surface area contributed by atoms with Crippen LogP contribution in [0.3, 0.4) is 0 Å². The molecule has 1 aromatic heterocycles. The lowest BCUT2D eigenvalue weighted by atomic mass is 10.1. The lowest BCUT2D eigenvalue weighted by molar-refractivity contribution is 0.190. The summed E-state index contributed by atoms with van der Waals surface area (Å²) in [5, 5.41) is 10.3. The lowest BCUT2D eigenvalue weighted by Gasteiger charge is -2.13. The van der Waals surface area contributed by atoms with Gasteiger partial charge in [-0.3, -0.25) is 4.98 Å². The number of aromatic nitrogens is 1. The third-order valence-electron chi connectivity index (χ3n) is 2.74. The van der Waals surface area contributed by atoms with Gasteiger partial charge in [0.15, 0.2) is 0 Å². The zero-order chi connectivity index (χ0) is 13.8. The van der Waals surface area contributed by atoms with Gasteiger partial charge in [-0.05, 0) is 44.2 Å². The number of nitrogens with zero attached hydrogens (tertiary/aromatic N) is 1. The molecule has 3 nitrogen and oxygen atoms in total. The normalized spacial score (nSPS) is 12.2. The second-order valence-corrected chi connectivity index (χ2v) is 4.85. The minimum Gasteiger partial charge on any atom is -0.487 e. The third kappa shape index (κ3) is 3.69. The minimum absolute atomic E-state index is 0.364. The Morgan fingerprint density at radius 3 is 2.79 bits per heavy atom. The van der Waals surface area contributed by atoms with Gasteiger partial charge in [0.2, 0.25) is 0 Å². The van der Waals surface area contributed by atoms with Crippen LogP contribution in [0.5, 0.6) is 5.75 Å². The van der Waals surface area contributed by atoms with Crippen LogP contribution in [0.2, 0.25) is 5.02 Å². The summed E-state index contributed by atoms with van der Waals surface area (Å²) < 4.78 is 5.71. The smallest absolute Gasteiger partial charge is 0.130 e. The molecule has 0 amide bonds. The van der Waals surface area contributed by atoms with Crippen molar-refractivity contribution in [3.8, 4) is 5.75 Å². The number of halogens is 1. The second kappa shape index (κ2) is 6.04. The Morgan fingerprint density at radius 2 is 2.11 bits per heavy atom. The number of rotatable bonds is 4. The van der Waals surface area contributed by atoms with Crippen LogP contribution in [0.15, 0.2) is 36.4 Å². The first-order chi connectivity index (χ1) is 9.06. The number of aryl methyl sites for hydroxylation is 1. The SMILES string of the molecule is Cc1cccc(COc2ccc(Cl)cc2[C@H](C)O)n1. The zero-order valence-electron chi connectivity index (χ0n) is 10.9. The summed E-state index contributed by atoms with van der Waals surface area (Å²) in [7, 11) is 0. The molecular weight excluding hydrogens is 262 g/mol. The van der Waals surface area contributed by atoms with E-state index in [4.69, 9.17) is 16.3 Å². The van der Waals surface area contributed by atoms with E-state index in [9.17, 15) is 5.11 Å². The molecule has 0 aliphatic rings. The highest BCUT2D eigenvalue weighted by Crippen LogP contribution is 2.28. The van der Waals surface area contributed by atoms with Gasteiger partial charge in [0, 0.05) is 16.3 Å². The maximum Gasteiger partial charge on any atom is 0.130 e. The summed E-state index contributed by atoms with van der Waals surface area (Å²) in [4.78, 5) is 4.37. The van der Waals surface area contributed by atoms with Gasteiger partial charge in [0.05, 0.1) is 11.8 Å². The van der Waals surface area contributed by atoms with Crippen molar-refractivity contribution in [1.29, 1.82) is 0 Å². The number of hydrogen-bond donors (Lipinski definition) is 1. The Kier molecular flexibility index (Phi) is 4.40. The molecule has 0 saturated carbocycles. The van der Waals surface area contributed by atoms with E-state index in [1.165, 1.54) is 0 Å². The number of ether oxygens (including phenoxy) is 1. The first-order valence-electron chi connectivity index (χ1n) is 6.09. The monoisotopic (exact) mass is 277 g/mol. The molecule has 2 aromatic rings. The van der Waals surface area contributed by atoms with E-state index < -0.39 is 6.10 Å². The van der Waals surface area contributed by atoms with E-state index in [-0.39, 0.29) is 0 Å². The fraction of sp³-hybridized carbons (Fsp3) is 0.267. The summed E-state index contributed by atoms with van der Waals surface area (Å²) in [6.45, 7) is 3.99. The summed E-state index contributed by atoms with van der Waals surface area (Å²) >= 11 is 5.92. The van der Waals surface area contributed by atoms with E-state index in [0.717, 1.165) is 11.4 Å². The molecule has 1 aromatic carbocycles. The summed E-state index contributed by atoms with van der Waals surface area (Å²) in [5.41, 5.74) is 2.49. The fourth-order valence-electron chi connectivity index (χ4n) is 1.81. The quantitative estimate of drug-likeness (QED) is 0.927. The zero-order valence-corrected chi connectivity index (χ0v) is 11.7. The topological polar surface area (TPSA) is 42.4 Å². The highest BCUT2D eigenvalue weighted by Gasteiger charge is 2.10. The largest absolute Gasteiger partial charge is 0.487 e. The van der Waals surface area contributed by atoms with E-state index >= 15 is 0 Å². The second-order valence-electron chi connectivity index (χ2n) is 4.42. The molecule has 0 fully saturated rings. The Bertz CT molecular complexity index is 570. The molecule has 1 N–H and O–H groups in total. The highest BCUT2D eigenvalue weighted by atomic mass is 35.5. The highest BCUT2D eigenvalue weighted by molar-refractivity contribution is 6.30. The molecule has 0 spiro atoms. The van der Waals surface area contributed by atoms with E-state index in [2.05, 4.69) is 4.98 Å². The molecule has 19 heavy (non-hydrogen) atoms. The summed E-state index contributed by atoms with van der Waals surface area (Å²) in [6, 6.07) is 11.0. The van der Waals surface area contributed by atoms with Crippen LogP contribution in [0.25, 0.3) is 0 Å². The van der Waals surface area contributed by atoms with Crippen molar-refractivity contribution < 1.29 is 9.84 Å². The molecule has 0 radical (unpaired) electrons. The van der Waals surface area contributed by atoms with Crippen LogP contribution >= 0.6 is 11.6 Å². The maximum atomic E-state index is 9.72. The van der Waals surface area contributed by atoms with Crippen LogP contribution in [-0.4, -0.2) is 10.1 Å². The number of hydrogen-bond acceptors (Lipinski definition) is 3. The van der Waals surface area contributed by atoms with Crippen molar-refractivity contribution in [1.82, 2.24) is 4.98 Å². The van der Waals surface area contributed by atoms with Crippen LogP contribution in [0, 0.1) is 6.92 Å². The van der Waals surface area contributed by atoms with Crippen LogP contribution in [0.4, 0.5) is 0 Å². The van der Waals surface area contributed by atoms with Crippen molar-refractivity contribution in [2.75, 3.05) is 0 Å². The molecular formula is C15H16ClNO2. The van der Waals surface area contributed by atoms with Crippen molar-refractivity contribution in [3.05, 3.63) is 58.4 Å². The van der Waals surface area contributed by atoms with Crippen molar-refractivity contribution in [2.24, 2.45) is 0 Å². The molecule has 0 aliphatic heterocycles.